The summed E-state index contributed by atoms with van der Waals surface area (Å²) in [5.41, 5.74) is 10.9. The molecular formula is C8H14N6O2. The molecule has 1 atom stereocenters. The zero-order valence-corrected chi connectivity index (χ0v) is 8.88. The Balaban J connectivity index is 2.68. The Hall–Kier alpha value is -1.96. The van der Waals surface area contributed by atoms with Gasteiger partial charge in [-0.2, -0.15) is 0 Å². The number of hydrogen-bond acceptors (Lipinski definition) is 5. The molecule has 8 heteroatoms. The number of nitrogens with two attached hydrogens (primary N) is 2. The van der Waals surface area contributed by atoms with Gasteiger partial charge >= 0.3 is 6.03 Å². The van der Waals surface area contributed by atoms with Crippen molar-refractivity contribution >= 4 is 11.9 Å². The summed E-state index contributed by atoms with van der Waals surface area (Å²) in [6.07, 6.45) is 2.20. The number of nitrogens with one attached hydrogen (secondary N) is 1. The molecule has 0 aliphatic rings. The van der Waals surface area contributed by atoms with Crippen LogP contribution in [0.15, 0.2) is 6.20 Å². The molecule has 16 heavy (non-hydrogen) atoms. The Bertz CT molecular complexity index is 388. The van der Waals surface area contributed by atoms with Gasteiger partial charge in [-0.1, -0.05) is 5.21 Å². The molecule has 5 N–H and O–H groups in total. The van der Waals surface area contributed by atoms with Crippen LogP contribution in [0.3, 0.4) is 0 Å². The lowest BCUT2D eigenvalue weighted by molar-refractivity contribution is -0.123. The number of carbonyl (C=O) groups excluding carboxylic acids is 2. The van der Waals surface area contributed by atoms with E-state index in [1.165, 1.54) is 4.68 Å². The van der Waals surface area contributed by atoms with Gasteiger partial charge in [0.25, 0.3) is 5.91 Å². The quantitative estimate of drug-likeness (QED) is 0.577. The van der Waals surface area contributed by atoms with Gasteiger partial charge in [0.1, 0.15) is 6.04 Å². The van der Waals surface area contributed by atoms with E-state index < -0.39 is 18.0 Å². The summed E-state index contributed by atoms with van der Waals surface area (Å²) in [6, 6.07) is -1.54. The summed E-state index contributed by atoms with van der Waals surface area (Å²) in [5, 5.41) is 9.56. The van der Waals surface area contributed by atoms with Gasteiger partial charge in [-0.05, 0) is 13.5 Å². The number of primary amides is 1. The van der Waals surface area contributed by atoms with Gasteiger partial charge in [0.15, 0.2) is 0 Å². The van der Waals surface area contributed by atoms with Gasteiger partial charge in [-0.25, -0.2) is 9.48 Å². The van der Waals surface area contributed by atoms with E-state index in [-0.39, 0.29) is 0 Å². The van der Waals surface area contributed by atoms with Gasteiger partial charge in [-0.3, -0.25) is 10.1 Å². The van der Waals surface area contributed by atoms with Gasteiger partial charge in [0, 0.05) is 12.6 Å². The summed E-state index contributed by atoms with van der Waals surface area (Å²) in [6.45, 7) is 2.04. The Morgan fingerprint density at radius 3 is 2.88 bits per heavy atom. The van der Waals surface area contributed by atoms with Gasteiger partial charge < -0.3 is 11.5 Å². The largest absolute Gasteiger partial charge is 0.351 e. The molecule has 1 aromatic rings. The highest BCUT2D eigenvalue weighted by Crippen LogP contribution is 2.04. The highest BCUT2D eigenvalue weighted by atomic mass is 16.2. The van der Waals surface area contributed by atoms with Crippen molar-refractivity contribution in [3.63, 3.8) is 0 Å². The monoisotopic (exact) mass is 226 g/mol. The number of aromatic nitrogens is 3. The summed E-state index contributed by atoms with van der Waals surface area (Å²) in [5.74, 6) is -0.531. The number of carbonyl (C=O) groups is 2. The number of amides is 3. The second-order valence-electron chi connectivity index (χ2n) is 3.26. The predicted octanol–water partition coefficient (Wildman–Crippen LogP) is -1.46. The van der Waals surface area contributed by atoms with Crippen LogP contribution < -0.4 is 16.8 Å². The maximum atomic E-state index is 11.4. The summed E-state index contributed by atoms with van der Waals surface area (Å²) < 4.78 is 1.35. The van der Waals surface area contributed by atoms with Crippen molar-refractivity contribution in [2.45, 2.75) is 19.4 Å². The molecule has 1 heterocycles. The summed E-state index contributed by atoms with van der Waals surface area (Å²) in [4.78, 5) is 21.9. The van der Waals surface area contributed by atoms with E-state index in [9.17, 15) is 9.59 Å². The average Bonchev–Trinajstić information content (AvgIpc) is 2.64. The van der Waals surface area contributed by atoms with E-state index in [2.05, 4.69) is 10.3 Å². The highest BCUT2D eigenvalue weighted by molar-refractivity contribution is 5.95. The Morgan fingerprint density at radius 2 is 2.31 bits per heavy atom. The molecule has 3 amide bonds. The molecule has 8 nitrogen and oxygen atoms in total. The first-order chi connectivity index (χ1) is 7.54. The van der Waals surface area contributed by atoms with Crippen LogP contribution >= 0.6 is 0 Å². The van der Waals surface area contributed by atoms with Crippen LogP contribution in [0, 0.1) is 0 Å². The van der Waals surface area contributed by atoms with Crippen molar-refractivity contribution in [1.82, 2.24) is 20.3 Å². The van der Waals surface area contributed by atoms with Crippen LogP contribution in [0.5, 0.6) is 0 Å². The standard InChI is InChI=1S/C8H14N6O2/c1-5(7(15)11-8(10)16)14-4-6(2-3-9)12-13-14/h4-5H,2-3,9H2,1H3,(H3,10,11,15,16). The minimum atomic E-state index is -0.890. The second-order valence-corrected chi connectivity index (χ2v) is 3.26. The third kappa shape index (κ3) is 3.02. The third-order valence-corrected chi connectivity index (χ3v) is 1.98. The molecule has 0 aromatic carbocycles. The van der Waals surface area contributed by atoms with E-state index in [1.807, 2.05) is 5.32 Å². The lowest BCUT2D eigenvalue weighted by Gasteiger charge is -2.09. The number of urea groups is 1. The second kappa shape index (κ2) is 5.21. The smallest absolute Gasteiger partial charge is 0.318 e. The van der Waals surface area contributed by atoms with Crippen LogP contribution in [-0.2, 0) is 11.2 Å². The van der Waals surface area contributed by atoms with Gasteiger partial charge in [-0.15, -0.1) is 5.10 Å². The first-order valence-electron chi connectivity index (χ1n) is 4.75. The zero-order chi connectivity index (χ0) is 12.1. The minimum Gasteiger partial charge on any atom is -0.351 e. The van der Waals surface area contributed by atoms with E-state index in [0.29, 0.717) is 18.7 Å². The maximum Gasteiger partial charge on any atom is 0.318 e. The van der Waals surface area contributed by atoms with Crippen molar-refractivity contribution in [2.75, 3.05) is 6.54 Å². The normalized spacial score (nSPS) is 12.1. The number of hydrogen-bond donors (Lipinski definition) is 3. The molecule has 1 rings (SSSR count). The average molecular weight is 226 g/mol. The molecule has 0 bridgehead atoms. The van der Waals surface area contributed by atoms with Crippen molar-refractivity contribution < 1.29 is 9.59 Å². The van der Waals surface area contributed by atoms with E-state index in [4.69, 9.17) is 11.5 Å². The molecule has 0 spiro atoms. The Morgan fingerprint density at radius 1 is 1.62 bits per heavy atom. The van der Waals surface area contributed by atoms with Crippen molar-refractivity contribution in [3.8, 4) is 0 Å². The van der Waals surface area contributed by atoms with Gasteiger partial charge in [0.05, 0.1) is 5.69 Å². The van der Waals surface area contributed by atoms with Crippen LogP contribution in [0.25, 0.3) is 0 Å². The first-order valence-corrected chi connectivity index (χ1v) is 4.75. The molecule has 0 fully saturated rings. The van der Waals surface area contributed by atoms with E-state index in [1.54, 1.807) is 13.1 Å². The minimum absolute atomic E-state index is 0.459. The zero-order valence-electron chi connectivity index (χ0n) is 8.88. The van der Waals surface area contributed by atoms with Crippen LogP contribution in [0.1, 0.15) is 18.7 Å². The fourth-order valence-corrected chi connectivity index (χ4v) is 1.11. The Kier molecular flexibility index (Phi) is 3.95. The topological polar surface area (TPSA) is 129 Å². The summed E-state index contributed by atoms with van der Waals surface area (Å²) >= 11 is 0. The molecule has 0 radical (unpaired) electrons. The molecule has 1 aromatic heterocycles. The van der Waals surface area contributed by atoms with Crippen LogP contribution in [0.2, 0.25) is 0 Å². The molecule has 0 aliphatic heterocycles. The lowest BCUT2D eigenvalue weighted by Crippen LogP contribution is -2.39. The first kappa shape index (κ1) is 12.1. The molecule has 0 saturated carbocycles. The highest BCUT2D eigenvalue weighted by Gasteiger charge is 2.17. The molecule has 0 aliphatic carbocycles. The predicted molar refractivity (Wildman–Crippen MR) is 55.2 cm³/mol. The number of rotatable bonds is 4. The van der Waals surface area contributed by atoms with E-state index in [0.717, 1.165) is 0 Å². The molecule has 1 unspecified atom stereocenters. The van der Waals surface area contributed by atoms with Crippen molar-refractivity contribution in [2.24, 2.45) is 11.5 Å². The number of nitrogens with zero attached hydrogens (tertiary/aromatic N) is 3. The third-order valence-electron chi connectivity index (χ3n) is 1.98. The van der Waals surface area contributed by atoms with Crippen molar-refractivity contribution in [3.05, 3.63) is 11.9 Å². The fraction of sp³-hybridized carbons (Fsp3) is 0.500. The summed E-state index contributed by atoms with van der Waals surface area (Å²) in [7, 11) is 0. The Labute approximate surface area is 92.0 Å². The van der Waals surface area contributed by atoms with Crippen molar-refractivity contribution in [1.29, 1.82) is 0 Å². The van der Waals surface area contributed by atoms with Crippen LogP contribution in [0.4, 0.5) is 4.79 Å². The fourth-order valence-electron chi connectivity index (χ4n) is 1.11. The SMILES string of the molecule is CC(C(=O)NC(N)=O)n1cc(CCN)nn1. The van der Waals surface area contributed by atoms with E-state index >= 15 is 0 Å². The molecule has 88 valence electrons. The lowest BCUT2D eigenvalue weighted by atomic mass is 10.3. The van der Waals surface area contributed by atoms with Gasteiger partial charge in [0.2, 0.25) is 0 Å². The molecular weight excluding hydrogens is 212 g/mol. The number of imide groups is 1. The maximum absolute atomic E-state index is 11.4. The van der Waals surface area contributed by atoms with Crippen LogP contribution in [-0.4, -0.2) is 33.5 Å². The molecule has 0 saturated heterocycles.